The summed E-state index contributed by atoms with van der Waals surface area (Å²) in [6, 6.07) is 10.5. The second kappa shape index (κ2) is 5.67. The number of rotatable bonds is 5. The van der Waals surface area contributed by atoms with Crippen molar-refractivity contribution in [3.63, 3.8) is 0 Å². The Morgan fingerprint density at radius 2 is 2.06 bits per heavy atom. The van der Waals surface area contributed by atoms with E-state index in [0.29, 0.717) is 5.92 Å². The molecule has 1 amide bonds. The molecule has 92 valence electrons. The molecule has 17 heavy (non-hydrogen) atoms. The third-order valence-electron chi connectivity index (χ3n) is 3.19. The number of carbonyl (C=O) groups is 1. The van der Waals surface area contributed by atoms with E-state index in [-0.39, 0.29) is 16.8 Å². The van der Waals surface area contributed by atoms with Crippen molar-refractivity contribution in [3.8, 4) is 0 Å². The highest BCUT2D eigenvalue weighted by Crippen LogP contribution is 2.41. The first kappa shape index (κ1) is 12.6. The van der Waals surface area contributed by atoms with Crippen LogP contribution in [0.2, 0.25) is 0 Å². The topological polar surface area (TPSA) is 29.1 Å². The Morgan fingerprint density at radius 3 is 2.59 bits per heavy atom. The predicted octanol–water partition coefficient (Wildman–Crippen LogP) is 3.43. The van der Waals surface area contributed by atoms with Gasteiger partial charge in [0.25, 0.3) is 0 Å². The smallest absolute Gasteiger partial charge is 0.234 e. The molecule has 2 unspecified atom stereocenters. The van der Waals surface area contributed by atoms with Crippen LogP contribution in [0.15, 0.2) is 30.3 Å². The van der Waals surface area contributed by atoms with E-state index in [1.54, 1.807) is 0 Å². The molecule has 2 nitrogen and oxygen atoms in total. The Morgan fingerprint density at radius 1 is 1.41 bits per heavy atom. The fourth-order valence-corrected chi connectivity index (χ4v) is 2.12. The molecule has 0 spiro atoms. The van der Waals surface area contributed by atoms with Gasteiger partial charge in [0.2, 0.25) is 5.91 Å². The van der Waals surface area contributed by atoms with Gasteiger partial charge in [-0.25, -0.2) is 0 Å². The Kier molecular flexibility index (Phi) is 4.21. The van der Waals surface area contributed by atoms with Crippen LogP contribution in [-0.2, 0) is 4.79 Å². The van der Waals surface area contributed by atoms with Gasteiger partial charge in [0.1, 0.15) is 0 Å². The summed E-state index contributed by atoms with van der Waals surface area (Å²) in [5, 5.41) is 3.16. The first-order chi connectivity index (χ1) is 8.22. The van der Waals surface area contributed by atoms with Crippen molar-refractivity contribution in [3.05, 3.63) is 35.9 Å². The molecule has 1 fully saturated rings. The van der Waals surface area contributed by atoms with Gasteiger partial charge in [0, 0.05) is 0 Å². The van der Waals surface area contributed by atoms with E-state index in [4.69, 9.17) is 0 Å². The standard InChI is InChI=1S/C14H18BrNO/c1-2-12(15)14(17)16-13(11-8-9-11)10-6-4-3-5-7-10/h3-7,11-13H,2,8-9H2,1H3,(H,16,17). The quantitative estimate of drug-likeness (QED) is 0.829. The maximum Gasteiger partial charge on any atom is 0.234 e. The summed E-state index contributed by atoms with van der Waals surface area (Å²) < 4.78 is 0. The summed E-state index contributed by atoms with van der Waals surface area (Å²) in [5.41, 5.74) is 1.22. The van der Waals surface area contributed by atoms with Gasteiger partial charge in [0.15, 0.2) is 0 Å². The highest BCUT2D eigenvalue weighted by Gasteiger charge is 2.33. The van der Waals surface area contributed by atoms with Crippen LogP contribution < -0.4 is 5.32 Å². The summed E-state index contributed by atoms with van der Waals surface area (Å²) in [4.78, 5) is 11.9. The zero-order valence-corrected chi connectivity index (χ0v) is 11.6. The molecule has 0 bridgehead atoms. The number of carbonyl (C=O) groups excluding carboxylic acids is 1. The Labute approximate surface area is 111 Å². The highest BCUT2D eigenvalue weighted by molar-refractivity contribution is 9.10. The van der Waals surface area contributed by atoms with Gasteiger partial charge in [-0.05, 0) is 30.7 Å². The molecular formula is C14H18BrNO. The summed E-state index contributed by atoms with van der Waals surface area (Å²) in [7, 11) is 0. The molecule has 0 heterocycles. The Hall–Kier alpha value is -0.830. The third-order valence-corrected chi connectivity index (χ3v) is 4.26. The van der Waals surface area contributed by atoms with Crippen LogP contribution in [0.4, 0.5) is 0 Å². The van der Waals surface area contributed by atoms with Crippen LogP contribution >= 0.6 is 15.9 Å². The lowest BCUT2D eigenvalue weighted by atomic mass is 10.0. The molecule has 0 saturated heterocycles. The molecule has 0 aromatic heterocycles. The second-order valence-electron chi connectivity index (χ2n) is 4.61. The average molecular weight is 296 g/mol. The molecule has 0 aliphatic heterocycles. The Balaban J connectivity index is 2.06. The van der Waals surface area contributed by atoms with Gasteiger partial charge in [-0.1, -0.05) is 53.2 Å². The van der Waals surface area contributed by atoms with E-state index < -0.39 is 0 Å². The molecule has 1 aromatic rings. The summed E-state index contributed by atoms with van der Waals surface area (Å²) in [6.07, 6.45) is 3.26. The van der Waals surface area contributed by atoms with Crippen LogP contribution in [0, 0.1) is 5.92 Å². The largest absolute Gasteiger partial charge is 0.348 e. The minimum Gasteiger partial charge on any atom is -0.348 e. The number of hydrogen-bond acceptors (Lipinski definition) is 1. The molecule has 1 N–H and O–H groups in total. The number of halogens is 1. The van der Waals surface area contributed by atoms with E-state index in [1.165, 1.54) is 18.4 Å². The van der Waals surface area contributed by atoms with E-state index in [2.05, 4.69) is 33.4 Å². The van der Waals surface area contributed by atoms with Gasteiger partial charge >= 0.3 is 0 Å². The lowest BCUT2D eigenvalue weighted by molar-refractivity contribution is -0.121. The van der Waals surface area contributed by atoms with E-state index in [9.17, 15) is 4.79 Å². The van der Waals surface area contributed by atoms with Crippen molar-refractivity contribution >= 4 is 21.8 Å². The maximum atomic E-state index is 11.9. The van der Waals surface area contributed by atoms with Crippen LogP contribution in [0.1, 0.15) is 37.8 Å². The lowest BCUT2D eigenvalue weighted by Crippen LogP contribution is -2.35. The van der Waals surface area contributed by atoms with Crippen LogP contribution in [0.3, 0.4) is 0 Å². The number of benzene rings is 1. The maximum absolute atomic E-state index is 11.9. The van der Waals surface area contributed by atoms with Crippen molar-refractivity contribution in [2.45, 2.75) is 37.1 Å². The number of alkyl halides is 1. The number of nitrogens with one attached hydrogen (secondary N) is 1. The van der Waals surface area contributed by atoms with E-state index in [1.807, 2.05) is 25.1 Å². The zero-order valence-electron chi connectivity index (χ0n) is 10.0. The molecule has 2 rings (SSSR count). The van der Waals surface area contributed by atoms with Crippen molar-refractivity contribution in [2.24, 2.45) is 5.92 Å². The summed E-state index contributed by atoms with van der Waals surface area (Å²) in [6.45, 7) is 2.01. The van der Waals surface area contributed by atoms with Crippen molar-refractivity contribution in [2.75, 3.05) is 0 Å². The number of hydrogen-bond donors (Lipinski definition) is 1. The van der Waals surface area contributed by atoms with E-state index in [0.717, 1.165) is 6.42 Å². The Bertz CT molecular complexity index is 375. The predicted molar refractivity (Wildman–Crippen MR) is 73.1 cm³/mol. The highest BCUT2D eigenvalue weighted by atomic mass is 79.9. The molecular weight excluding hydrogens is 278 g/mol. The fraction of sp³-hybridized carbons (Fsp3) is 0.500. The average Bonchev–Trinajstić information content (AvgIpc) is 3.20. The van der Waals surface area contributed by atoms with Gasteiger partial charge in [0.05, 0.1) is 10.9 Å². The minimum absolute atomic E-state index is 0.0764. The van der Waals surface area contributed by atoms with E-state index >= 15 is 0 Å². The van der Waals surface area contributed by atoms with Gasteiger partial charge in [-0.3, -0.25) is 4.79 Å². The van der Waals surface area contributed by atoms with Crippen molar-refractivity contribution in [1.29, 1.82) is 0 Å². The molecule has 1 aliphatic carbocycles. The molecule has 0 radical (unpaired) electrons. The number of amides is 1. The fourth-order valence-electron chi connectivity index (χ4n) is 1.99. The van der Waals surface area contributed by atoms with Crippen molar-refractivity contribution < 1.29 is 4.79 Å². The monoisotopic (exact) mass is 295 g/mol. The van der Waals surface area contributed by atoms with Gasteiger partial charge in [-0.15, -0.1) is 0 Å². The molecule has 1 aliphatic rings. The second-order valence-corrected chi connectivity index (χ2v) is 5.72. The normalized spacial score (nSPS) is 18.5. The molecule has 1 aromatic carbocycles. The third kappa shape index (κ3) is 3.32. The van der Waals surface area contributed by atoms with Crippen LogP contribution in [0.5, 0.6) is 0 Å². The van der Waals surface area contributed by atoms with Crippen LogP contribution in [-0.4, -0.2) is 10.7 Å². The first-order valence-electron chi connectivity index (χ1n) is 6.21. The molecule has 1 saturated carbocycles. The molecule has 3 heteroatoms. The van der Waals surface area contributed by atoms with Crippen molar-refractivity contribution in [1.82, 2.24) is 5.32 Å². The molecule has 2 atom stereocenters. The van der Waals surface area contributed by atoms with Crippen LogP contribution in [0.25, 0.3) is 0 Å². The summed E-state index contributed by atoms with van der Waals surface area (Å²) >= 11 is 3.40. The first-order valence-corrected chi connectivity index (χ1v) is 7.13. The minimum atomic E-state index is -0.0764. The lowest BCUT2D eigenvalue weighted by Gasteiger charge is -2.20. The van der Waals surface area contributed by atoms with Gasteiger partial charge in [-0.2, -0.15) is 0 Å². The zero-order chi connectivity index (χ0) is 12.3. The summed E-state index contributed by atoms with van der Waals surface area (Å²) in [5.74, 6) is 0.728. The SMILES string of the molecule is CCC(Br)C(=O)NC(c1ccccc1)C1CC1. The van der Waals surface area contributed by atoms with Gasteiger partial charge < -0.3 is 5.32 Å².